The number of nitrogens with two attached hydrogens (primary N) is 1. The fourth-order valence-electron chi connectivity index (χ4n) is 9.29. The summed E-state index contributed by atoms with van der Waals surface area (Å²) in [7, 11) is -3.34. The van der Waals surface area contributed by atoms with E-state index in [1.807, 2.05) is 17.9 Å². The van der Waals surface area contributed by atoms with Crippen molar-refractivity contribution in [2.24, 2.45) is 5.73 Å². The molecular formula is C43H70N4O6S. The Hall–Kier alpha value is -2.83. The molecule has 0 spiro atoms. The van der Waals surface area contributed by atoms with Crippen molar-refractivity contribution in [3.05, 3.63) is 71.8 Å². The van der Waals surface area contributed by atoms with Crippen LogP contribution < -0.4 is 10.5 Å². The normalized spacial score (nSPS) is 31.1. The molecule has 54 heavy (non-hydrogen) atoms. The van der Waals surface area contributed by atoms with Crippen LogP contribution in [0.1, 0.15) is 130 Å². The molecule has 3 N–H and O–H groups in total. The highest BCUT2D eigenvalue weighted by Gasteiger charge is 2.42. The number of carbonyl (C=O) groups is 2. The first-order valence-electron chi connectivity index (χ1n) is 19.4. The van der Waals surface area contributed by atoms with Crippen LogP contribution in [0.3, 0.4) is 0 Å². The number of rotatable bonds is 10. The monoisotopic (exact) mass is 771 g/mol. The molecule has 0 bridgehead atoms. The summed E-state index contributed by atoms with van der Waals surface area (Å²) >= 11 is 0. The van der Waals surface area contributed by atoms with Crippen molar-refractivity contribution < 1.29 is 27.5 Å². The second kappa shape index (κ2) is 20.9. The maximum atomic E-state index is 12.1. The number of benzene rings is 2. The van der Waals surface area contributed by atoms with Crippen LogP contribution in [0.5, 0.6) is 0 Å². The number of ether oxygens (including phenoxy) is 2. The smallest absolute Gasteiger partial charge is 0.220 e. The number of carbonyl (C=O) groups excluding carboxylic acids is 2. The van der Waals surface area contributed by atoms with E-state index in [4.69, 9.17) is 15.2 Å². The van der Waals surface area contributed by atoms with Crippen molar-refractivity contribution in [3.8, 4) is 0 Å². The number of hydrogen-bond donors (Lipinski definition) is 2. The summed E-state index contributed by atoms with van der Waals surface area (Å²) in [6.45, 7) is 8.16. The van der Waals surface area contributed by atoms with E-state index in [1.54, 1.807) is 11.8 Å². The minimum atomic E-state index is -3.34. The Balaban J connectivity index is 0.000000283. The molecule has 2 aromatic carbocycles. The quantitative estimate of drug-likeness (QED) is 0.266. The van der Waals surface area contributed by atoms with Crippen molar-refractivity contribution in [1.29, 1.82) is 0 Å². The van der Waals surface area contributed by atoms with Gasteiger partial charge in [0.2, 0.25) is 21.8 Å². The van der Waals surface area contributed by atoms with Crippen molar-refractivity contribution in [3.63, 3.8) is 0 Å². The number of hydrogen-bond acceptors (Lipinski definition) is 7. The third-order valence-corrected chi connectivity index (χ3v) is 12.6. The summed E-state index contributed by atoms with van der Waals surface area (Å²) in [6, 6.07) is 21.1. The van der Waals surface area contributed by atoms with Crippen LogP contribution in [0.2, 0.25) is 0 Å². The van der Waals surface area contributed by atoms with E-state index in [0.717, 1.165) is 51.2 Å². The molecule has 304 valence electrons. The van der Waals surface area contributed by atoms with Crippen LogP contribution in [0.15, 0.2) is 60.7 Å². The van der Waals surface area contributed by atoms with Gasteiger partial charge in [0.25, 0.3) is 0 Å². The lowest BCUT2D eigenvalue weighted by Crippen LogP contribution is -2.49. The van der Waals surface area contributed by atoms with Gasteiger partial charge in [-0.25, -0.2) is 13.1 Å². The van der Waals surface area contributed by atoms with Crippen LogP contribution in [-0.2, 0) is 29.1 Å². The Bertz CT molecular complexity index is 1530. The van der Waals surface area contributed by atoms with Gasteiger partial charge in [0.1, 0.15) is 0 Å². The molecule has 0 aromatic heterocycles. The zero-order chi connectivity index (χ0) is 37.4. The molecule has 2 saturated carbocycles. The van der Waals surface area contributed by atoms with Crippen LogP contribution in [0.4, 0.5) is 0 Å². The first-order valence-corrected chi connectivity index (χ1v) is 21.3. The maximum Gasteiger partial charge on any atom is 0.220 e. The van der Waals surface area contributed by atoms with Gasteiger partial charge in [-0.05, 0) is 101 Å². The first-order chi connectivity index (χ1) is 24.8. The summed E-state index contributed by atoms with van der Waals surface area (Å²) in [5.41, 5.74) is 9.08. The van der Waals surface area contributed by atoms with E-state index in [2.05, 4.69) is 66.2 Å². The summed E-state index contributed by atoms with van der Waals surface area (Å²) in [5.74, 6) is 1.32. The standard InChI is InChI=1S/C21H32N2O4S.C20H30N2O2.2CH4/c1-15-13-20(22-28(3,25)26)21(23(15)16(2)24)14-27-19-11-9-18(10-12-19)17-7-5-4-6-8-17;1-14-12-19(21)20(22(14)15(2)23)13-24-18-10-8-17(9-11-18)16-6-4-3-5-7-16;;/h4-8,15,18-22H,9-14H2,1-3H3;3-7,14,17-20H,8-13,21H2,1-2H3;2*1H4/t15-,18?,19?,20+,21+;14-,17?,18?,19+,20+;;/m11../s1. The zero-order valence-corrected chi connectivity index (χ0v) is 32.7. The second-order valence-electron chi connectivity index (χ2n) is 15.8. The molecule has 0 radical (unpaired) electrons. The molecular weight excluding hydrogens is 701 g/mol. The number of sulfonamides is 1. The molecule has 6 atom stereocenters. The molecule has 2 aromatic rings. The highest BCUT2D eigenvalue weighted by molar-refractivity contribution is 7.88. The fourth-order valence-corrected chi connectivity index (χ4v) is 10.1. The average Bonchev–Trinajstić information content (AvgIpc) is 3.59. The molecule has 2 aliphatic carbocycles. The van der Waals surface area contributed by atoms with E-state index >= 15 is 0 Å². The van der Waals surface area contributed by atoms with E-state index in [9.17, 15) is 18.0 Å². The van der Waals surface area contributed by atoms with Gasteiger partial charge in [-0.3, -0.25) is 9.59 Å². The molecule has 2 amide bonds. The van der Waals surface area contributed by atoms with Gasteiger partial charge in [-0.1, -0.05) is 75.5 Å². The van der Waals surface area contributed by atoms with Crippen molar-refractivity contribution in [2.45, 2.75) is 167 Å². The van der Waals surface area contributed by atoms with E-state index in [1.165, 1.54) is 30.9 Å². The summed E-state index contributed by atoms with van der Waals surface area (Å²) in [6.07, 6.45) is 11.8. The molecule has 2 heterocycles. The largest absolute Gasteiger partial charge is 0.376 e. The van der Waals surface area contributed by atoms with Crippen molar-refractivity contribution >= 4 is 21.8 Å². The highest BCUT2D eigenvalue weighted by atomic mass is 32.2. The Morgan fingerprint density at radius 3 is 1.48 bits per heavy atom. The predicted octanol–water partition coefficient (Wildman–Crippen LogP) is 6.99. The Kier molecular flexibility index (Phi) is 17.6. The Morgan fingerprint density at radius 1 is 0.685 bits per heavy atom. The lowest BCUT2D eigenvalue weighted by atomic mass is 9.83. The predicted molar refractivity (Wildman–Crippen MR) is 219 cm³/mol. The van der Waals surface area contributed by atoms with E-state index in [-0.39, 0.29) is 69.0 Å². The molecule has 4 aliphatic rings. The maximum absolute atomic E-state index is 12.1. The number of nitrogens with zero attached hydrogens (tertiary/aromatic N) is 2. The van der Waals surface area contributed by atoms with Gasteiger partial charge in [0.05, 0.1) is 43.8 Å². The second-order valence-corrected chi connectivity index (χ2v) is 17.5. The van der Waals surface area contributed by atoms with Crippen molar-refractivity contribution in [2.75, 3.05) is 19.5 Å². The van der Waals surface area contributed by atoms with Crippen LogP contribution in [0, 0.1) is 0 Å². The van der Waals surface area contributed by atoms with Gasteiger partial charge in [-0.2, -0.15) is 0 Å². The van der Waals surface area contributed by atoms with Crippen molar-refractivity contribution in [1.82, 2.24) is 14.5 Å². The minimum absolute atomic E-state index is 0. The highest BCUT2D eigenvalue weighted by Crippen LogP contribution is 2.36. The van der Waals surface area contributed by atoms with Gasteiger partial charge in [0, 0.05) is 38.0 Å². The SMILES string of the molecule is C.C.CC(=O)N1[C@H](C)C[C@H](N)[C@@H]1COC1CCC(c2ccccc2)CC1.CC(=O)N1[C@H](C)C[C@H](NS(C)(=O)=O)[C@@H]1COC1CCC(c2ccccc2)CC1. The van der Waals surface area contributed by atoms with Crippen LogP contribution >= 0.6 is 0 Å². The molecule has 11 heteroatoms. The zero-order valence-electron chi connectivity index (χ0n) is 31.9. The molecule has 10 nitrogen and oxygen atoms in total. The topological polar surface area (TPSA) is 131 Å². The van der Waals surface area contributed by atoms with Gasteiger partial charge < -0.3 is 25.0 Å². The average molecular weight is 771 g/mol. The Morgan fingerprint density at radius 2 is 1.07 bits per heavy atom. The summed E-state index contributed by atoms with van der Waals surface area (Å²) < 4.78 is 38.5. The van der Waals surface area contributed by atoms with E-state index in [0.29, 0.717) is 37.6 Å². The molecule has 6 rings (SSSR count). The lowest BCUT2D eigenvalue weighted by molar-refractivity contribution is -0.134. The fraction of sp³-hybridized carbons (Fsp3) is 0.674. The lowest BCUT2D eigenvalue weighted by Gasteiger charge is -2.33. The van der Waals surface area contributed by atoms with E-state index < -0.39 is 10.0 Å². The van der Waals surface area contributed by atoms with Gasteiger partial charge >= 0.3 is 0 Å². The molecule has 2 saturated heterocycles. The number of amides is 2. The van der Waals surface area contributed by atoms with Gasteiger partial charge in [0.15, 0.2) is 0 Å². The molecule has 0 unspecified atom stereocenters. The Labute approximate surface area is 327 Å². The molecule has 2 aliphatic heterocycles. The van der Waals surface area contributed by atoms with Gasteiger partial charge in [-0.15, -0.1) is 0 Å². The third-order valence-electron chi connectivity index (χ3n) is 11.8. The minimum Gasteiger partial charge on any atom is -0.376 e. The first kappa shape index (κ1) is 45.6. The third kappa shape index (κ3) is 12.3. The summed E-state index contributed by atoms with van der Waals surface area (Å²) in [5, 5.41) is 0. The van der Waals surface area contributed by atoms with Crippen LogP contribution in [0.25, 0.3) is 0 Å². The van der Waals surface area contributed by atoms with Crippen LogP contribution in [-0.4, -0.2) is 98.0 Å². The number of likely N-dealkylation sites (tertiary alicyclic amines) is 2. The molecule has 4 fully saturated rings. The number of nitrogens with one attached hydrogen (secondary N) is 1. The summed E-state index contributed by atoms with van der Waals surface area (Å²) in [4.78, 5) is 27.7.